The zero-order chi connectivity index (χ0) is 17.1. The Morgan fingerprint density at radius 2 is 1.96 bits per heavy atom. The van der Waals surface area contributed by atoms with Gasteiger partial charge >= 0.3 is 6.03 Å². The predicted octanol–water partition coefficient (Wildman–Crippen LogP) is 2.79. The number of carbonyl (C=O) groups is 1. The van der Waals surface area contributed by atoms with Gasteiger partial charge in [-0.05, 0) is 39.2 Å². The van der Waals surface area contributed by atoms with Crippen molar-refractivity contribution in [3.05, 3.63) is 46.5 Å². The number of amides is 2. The summed E-state index contributed by atoms with van der Waals surface area (Å²) in [6.07, 6.45) is 3.29. The van der Waals surface area contributed by atoms with Crippen LogP contribution in [-0.4, -0.2) is 20.8 Å². The van der Waals surface area contributed by atoms with Gasteiger partial charge in [0, 0.05) is 13.0 Å². The van der Waals surface area contributed by atoms with Crippen molar-refractivity contribution in [3.8, 4) is 0 Å². The van der Waals surface area contributed by atoms with E-state index in [1.807, 2.05) is 6.92 Å². The summed E-state index contributed by atoms with van der Waals surface area (Å²) in [6.45, 7) is 7.47. The van der Waals surface area contributed by atoms with Crippen molar-refractivity contribution in [1.82, 2.24) is 25.4 Å². The fourth-order valence-corrected chi connectivity index (χ4v) is 3.25. The van der Waals surface area contributed by atoms with E-state index >= 15 is 0 Å². The number of urea groups is 1. The van der Waals surface area contributed by atoms with Crippen LogP contribution < -0.4 is 10.6 Å². The molecule has 3 rings (SSSR count). The summed E-state index contributed by atoms with van der Waals surface area (Å²) in [7, 11) is 0. The number of aryl methyl sites for hydroxylation is 3. The number of rotatable bonds is 4. The zero-order valence-corrected chi connectivity index (χ0v) is 14.6. The van der Waals surface area contributed by atoms with E-state index < -0.39 is 0 Å². The highest BCUT2D eigenvalue weighted by atomic mass is 16.2. The molecule has 0 aliphatic carbocycles. The first-order valence-electron chi connectivity index (χ1n) is 8.56. The maximum absolute atomic E-state index is 12.2. The highest BCUT2D eigenvalue weighted by Gasteiger charge is 2.16. The van der Waals surface area contributed by atoms with Gasteiger partial charge in [-0.2, -0.15) is 0 Å². The minimum absolute atomic E-state index is 0.0454. The molecule has 24 heavy (non-hydrogen) atoms. The number of nitrogens with zero attached hydrogens (tertiary/aromatic N) is 3. The van der Waals surface area contributed by atoms with E-state index in [2.05, 4.69) is 57.4 Å². The van der Waals surface area contributed by atoms with Gasteiger partial charge in [0.05, 0.1) is 12.6 Å². The lowest BCUT2D eigenvalue weighted by atomic mass is 10.0. The summed E-state index contributed by atoms with van der Waals surface area (Å²) >= 11 is 0. The molecule has 2 aromatic rings. The standard InChI is InChI=1S/C18H25N5O/c1-12-8-13(2)10-15(9-12)14(3)20-18(24)19-11-17-22-21-16-6-4-5-7-23(16)17/h8-10,14H,4-7,11H2,1-3H3,(H2,19,20,24). The Hall–Kier alpha value is -2.37. The minimum Gasteiger partial charge on any atom is -0.332 e. The number of aromatic nitrogens is 3. The quantitative estimate of drug-likeness (QED) is 0.907. The van der Waals surface area contributed by atoms with E-state index in [9.17, 15) is 4.79 Å². The van der Waals surface area contributed by atoms with E-state index in [1.54, 1.807) is 0 Å². The predicted molar refractivity (Wildman–Crippen MR) is 92.7 cm³/mol. The SMILES string of the molecule is Cc1cc(C)cc(C(C)NC(=O)NCc2nnc3n2CCCC3)c1. The third-order valence-corrected chi connectivity index (χ3v) is 4.43. The molecule has 0 fully saturated rings. The second kappa shape index (κ2) is 7.03. The van der Waals surface area contributed by atoms with E-state index in [-0.39, 0.29) is 12.1 Å². The lowest BCUT2D eigenvalue weighted by Crippen LogP contribution is -2.37. The summed E-state index contributed by atoms with van der Waals surface area (Å²) in [5, 5.41) is 14.3. The average Bonchev–Trinajstić information content (AvgIpc) is 2.95. The van der Waals surface area contributed by atoms with Crippen LogP contribution in [0.1, 0.15) is 54.1 Å². The molecule has 6 heteroatoms. The van der Waals surface area contributed by atoms with Crippen LogP contribution in [0.15, 0.2) is 18.2 Å². The van der Waals surface area contributed by atoms with Gasteiger partial charge in [0.25, 0.3) is 0 Å². The molecule has 0 spiro atoms. The Morgan fingerprint density at radius 3 is 2.71 bits per heavy atom. The van der Waals surface area contributed by atoms with Crippen LogP contribution >= 0.6 is 0 Å². The van der Waals surface area contributed by atoms with E-state index in [1.165, 1.54) is 17.5 Å². The van der Waals surface area contributed by atoms with Crippen LogP contribution in [0.2, 0.25) is 0 Å². The van der Waals surface area contributed by atoms with Crippen molar-refractivity contribution in [2.75, 3.05) is 0 Å². The highest BCUT2D eigenvalue weighted by molar-refractivity contribution is 5.74. The molecule has 0 saturated heterocycles. The van der Waals surface area contributed by atoms with Crippen LogP contribution in [-0.2, 0) is 19.5 Å². The fraction of sp³-hybridized carbons (Fsp3) is 0.500. The summed E-state index contributed by atoms with van der Waals surface area (Å²) in [5.41, 5.74) is 3.52. The smallest absolute Gasteiger partial charge is 0.315 e. The van der Waals surface area contributed by atoms with Crippen molar-refractivity contribution in [1.29, 1.82) is 0 Å². The molecule has 1 aromatic heterocycles. The maximum Gasteiger partial charge on any atom is 0.315 e. The van der Waals surface area contributed by atoms with Crippen molar-refractivity contribution in [2.45, 2.75) is 59.2 Å². The molecule has 2 amide bonds. The van der Waals surface area contributed by atoms with Crippen molar-refractivity contribution < 1.29 is 4.79 Å². The van der Waals surface area contributed by atoms with E-state index in [0.29, 0.717) is 6.54 Å². The molecule has 0 bridgehead atoms. The Kier molecular flexibility index (Phi) is 4.83. The fourth-order valence-electron chi connectivity index (χ4n) is 3.25. The number of fused-ring (bicyclic) bond motifs is 1. The van der Waals surface area contributed by atoms with E-state index in [0.717, 1.165) is 36.6 Å². The zero-order valence-electron chi connectivity index (χ0n) is 14.6. The van der Waals surface area contributed by atoms with Crippen LogP contribution in [0.3, 0.4) is 0 Å². The number of nitrogens with one attached hydrogen (secondary N) is 2. The molecule has 6 nitrogen and oxygen atoms in total. The molecule has 2 N–H and O–H groups in total. The molecule has 2 heterocycles. The van der Waals surface area contributed by atoms with Gasteiger partial charge in [-0.1, -0.05) is 29.3 Å². The lowest BCUT2D eigenvalue weighted by Gasteiger charge is -2.17. The van der Waals surface area contributed by atoms with Gasteiger partial charge in [-0.3, -0.25) is 0 Å². The topological polar surface area (TPSA) is 71.8 Å². The van der Waals surface area contributed by atoms with Crippen molar-refractivity contribution >= 4 is 6.03 Å². The van der Waals surface area contributed by atoms with E-state index in [4.69, 9.17) is 0 Å². The normalized spacial score (nSPS) is 14.8. The second-order valence-corrected chi connectivity index (χ2v) is 6.61. The third kappa shape index (κ3) is 3.75. The van der Waals surface area contributed by atoms with Crippen LogP contribution in [0.25, 0.3) is 0 Å². The second-order valence-electron chi connectivity index (χ2n) is 6.61. The van der Waals surface area contributed by atoms with Gasteiger partial charge < -0.3 is 15.2 Å². The Bertz CT molecular complexity index is 717. The molecule has 1 atom stereocenters. The van der Waals surface area contributed by atoms with Crippen molar-refractivity contribution in [3.63, 3.8) is 0 Å². The first-order valence-corrected chi connectivity index (χ1v) is 8.56. The minimum atomic E-state index is -0.185. The van der Waals surface area contributed by atoms with Crippen molar-refractivity contribution in [2.24, 2.45) is 0 Å². The molecule has 1 aliphatic heterocycles. The van der Waals surface area contributed by atoms with Gasteiger partial charge in [-0.15, -0.1) is 10.2 Å². The van der Waals surface area contributed by atoms with Crippen LogP contribution in [0.5, 0.6) is 0 Å². The summed E-state index contributed by atoms with van der Waals surface area (Å²) < 4.78 is 2.12. The molecule has 1 aliphatic rings. The van der Waals surface area contributed by atoms with Crippen LogP contribution in [0.4, 0.5) is 4.79 Å². The Labute approximate surface area is 142 Å². The molecule has 0 radical (unpaired) electrons. The summed E-state index contributed by atoms with van der Waals surface area (Å²) in [6, 6.07) is 6.11. The first kappa shape index (κ1) is 16.5. The van der Waals surface area contributed by atoms with Crippen LogP contribution in [0, 0.1) is 13.8 Å². The molecular weight excluding hydrogens is 302 g/mol. The third-order valence-electron chi connectivity index (χ3n) is 4.43. The largest absolute Gasteiger partial charge is 0.332 e. The highest BCUT2D eigenvalue weighted by Crippen LogP contribution is 2.17. The monoisotopic (exact) mass is 327 g/mol. The number of hydrogen-bond acceptors (Lipinski definition) is 3. The molecule has 1 aromatic carbocycles. The first-order chi connectivity index (χ1) is 11.5. The Balaban J connectivity index is 1.56. The lowest BCUT2D eigenvalue weighted by molar-refractivity contribution is 0.237. The maximum atomic E-state index is 12.2. The molecule has 1 unspecified atom stereocenters. The summed E-state index contributed by atoms with van der Waals surface area (Å²) in [5.74, 6) is 1.86. The van der Waals surface area contributed by atoms with Gasteiger partial charge in [0.1, 0.15) is 5.82 Å². The molecular formula is C18H25N5O. The number of benzene rings is 1. The summed E-state index contributed by atoms with van der Waals surface area (Å²) in [4.78, 5) is 12.2. The number of carbonyl (C=O) groups excluding carboxylic acids is 1. The number of hydrogen-bond donors (Lipinski definition) is 2. The molecule has 128 valence electrons. The molecule has 0 saturated carbocycles. The van der Waals surface area contributed by atoms with Gasteiger partial charge in [0.2, 0.25) is 0 Å². The average molecular weight is 327 g/mol. The van der Waals surface area contributed by atoms with Gasteiger partial charge in [0.15, 0.2) is 5.82 Å². The van der Waals surface area contributed by atoms with Gasteiger partial charge in [-0.25, -0.2) is 4.79 Å². The Morgan fingerprint density at radius 1 is 1.21 bits per heavy atom.